The van der Waals surface area contributed by atoms with Gasteiger partial charge in [-0.2, -0.15) is 4.31 Å². The van der Waals surface area contributed by atoms with Gasteiger partial charge in [0.05, 0.1) is 11.3 Å². The van der Waals surface area contributed by atoms with E-state index in [2.05, 4.69) is 0 Å². The molecule has 1 rings (SSSR count). The molecule has 5 nitrogen and oxygen atoms in total. The standard InChI is InChI=1S/C11H17ClN2O3S/c1-11(2,15)7-14(3)18(16,17)10-6-8(12)4-5-9(10)13/h4-6,15H,7,13H2,1-3H3. The first-order valence-corrected chi connectivity index (χ1v) is 7.09. The van der Waals surface area contributed by atoms with Crippen LogP contribution in [0.2, 0.25) is 5.02 Å². The van der Waals surface area contributed by atoms with Gasteiger partial charge >= 0.3 is 0 Å². The molecule has 0 aliphatic rings. The minimum absolute atomic E-state index is 0.0404. The van der Waals surface area contributed by atoms with Crippen molar-refractivity contribution >= 4 is 27.3 Å². The lowest BCUT2D eigenvalue weighted by molar-refractivity contribution is 0.0640. The highest BCUT2D eigenvalue weighted by Crippen LogP contribution is 2.25. The fourth-order valence-corrected chi connectivity index (χ4v) is 3.23. The zero-order valence-corrected chi connectivity index (χ0v) is 12.1. The molecule has 0 saturated heterocycles. The summed E-state index contributed by atoms with van der Waals surface area (Å²) in [6.07, 6.45) is 0. The highest BCUT2D eigenvalue weighted by atomic mass is 35.5. The Morgan fingerprint density at radius 1 is 1.44 bits per heavy atom. The fourth-order valence-electron chi connectivity index (χ4n) is 1.53. The van der Waals surface area contributed by atoms with E-state index in [0.29, 0.717) is 5.02 Å². The van der Waals surface area contributed by atoms with Gasteiger partial charge in [0.2, 0.25) is 10.0 Å². The van der Waals surface area contributed by atoms with Crippen LogP contribution in [0.3, 0.4) is 0 Å². The maximum atomic E-state index is 12.3. The molecule has 0 fully saturated rings. The van der Waals surface area contributed by atoms with Crippen molar-refractivity contribution in [1.29, 1.82) is 0 Å². The number of nitrogen functional groups attached to an aromatic ring is 1. The van der Waals surface area contributed by atoms with Crippen LogP contribution in [0.15, 0.2) is 23.1 Å². The maximum Gasteiger partial charge on any atom is 0.245 e. The Labute approximate surface area is 112 Å². The van der Waals surface area contributed by atoms with Gasteiger partial charge in [0, 0.05) is 18.6 Å². The molecule has 7 heteroatoms. The zero-order valence-electron chi connectivity index (χ0n) is 10.5. The maximum absolute atomic E-state index is 12.3. The van der Waals surface area contributed by atoms with Gasteiger partial charge in [0.15, 0.2) is 0 Å². The Morgan fingerprint density at radius 2 is 2.00 bits per heavy atom. The molecule has 1 aromatic carbocycles. The molecule has 0 aromatic heterocycles. The van der Waals surface area contributed by atoms with Crippen molar-refractivity contribution in [1.82, 2.24) is 4.31 Å². The summed E-state index contributed by atoms with van der Waals surface area (Å²) in [5.41, 5.74) is 4.65. The van der Waals surface area contributed by atoms with Crippen molar-refractivity contribution in [3.63, 3.8) is 0 Å². The molecule has 0 aliphatic carbocycles. The van der Waals surface area contributed by atoms with Crippen LogP contribution in [0.4, 0.5) is 5.69 Å². The van der Waals surface area contributed by atoms with E-state index in [0.717, 1.165) is 4.31 Å². The molecule has 0 atom stereocenters. The number of halogens is 1. The molecule has 1 aromatic rings. The molecule has 18 heavy (non-hydrogen) atoms. The minimum Gasteiger partial charge on any atom is -0.398 e. The number of rotatable bonds is 4. The summed E-state index contributed by atoms with van der Waals surface area (Å²) in [6.45, 7) is 3.02. The number of nitrogens with zero attached hydrogens (tertiary/aromatic N) is 1. The summed E-state index contributed by atoms with van der Waals surface area (Å²) in [5.74, 6) is 0. The Balaban J connectivity index is 3.17. The summed E-state index contributed by atoms with van der Waals surface area (Å²) in [6, 6.07) is 4.26. The van der Waals surface area contributed by atoms with E-state index < -0.39 is 15.6 Å². The lowest BCUT2D eigenvalue weighted by atomic mass is 10.1. The van der Waals surface area contributed by atoms with Crippen molar-refractivity contribution in [3.05, 3.63) is 23.2 Å². The van der Waals surface area contributed by atoms with E-state index in [-0.39, 0.29) is 17.1 Å². The van der Waals surface area contributed by atoms with E-state index >= 15 is 0 Å². The SMILES string of the molecule is CN(CC(C)(C)O)S(=O)(=O)c1cc(Cl)ccc1N. The van der Waals surface area contributed by atoms with Crippen LogP contribution >= 0.6 is 11.6 Å². The van der Waals surface area contributed by atoms with Crippen LogP contribution in [0.5, 0.6) is 0 Å². The van der Waals surface area contributed by atoms with Crippen LogP contribution in [-0.4, -0.2) is 37.0 Å². The Morgan fingerprint density at radius 3 is 2.50 bits per heavy atom. The van der Waals surface area contributed by atoms with Gasteiger partial charge in [0.1, 0.15) is 4.90 Å². The van der Waals surface area contributed by atoms with E-state index in [1.54, 1.807) is 0 Å². The number of hydrogen-bond donors (Lipinski definition) is 2. The number of hydrogen-bond acceptors (Lipinski definition) is 4. The number of anilines is 1. The second kappa shape index (κ2) is 5.05. The summed E-state index contributed by atoms with van der Waals surface area (Å²) < 4.78 is 25.6. The van der Waals surface area contributed by atoms with Gasteiger partial charge in [-0.3, -0.25) is 0 Å². The molecule has 3 N–H and O–H groups in total. The lowest BCUT2D eigenvalue weighted by Gasteiger charge is -2.25. The predicted octanol–water partition coefficient (Wildman–Crippen LogP) is 1.31. The van der Waals surface area contributed by atoms with Gasteiger partial charge in [-0.05, 0) is 32.0 Å². The molecule has 0 saturated carbocycles. The number of aliphatic hydroxyl groups is 1. The fraction of sp³-hybridized carbons (Fsp3) is 0.455. The Bertz CT molecular complexity index is 538. The van der Waals surface area contributed by atoms with Gasteiger partial charge < -0.3 is 10.8 Å². The van der Waals surface area contributed by atoms with Crippen LogP contribution < -0.4 is 5.73 Å². The van der Waals surface area contributed by atoms with Gasteiger partial charge in [-0.25, -0.2) is 8.42 Å². The second-order valence-corrected chi connectivity index (χ2v) is 7.21. The molecule has 0 heterocycles. The van der Waals surface area contributed by atoms with Crippen LogP contribution in [-0.2, 0) is 10.0 Å². The van der Waals surface area contributed by atoms with Gasteiger partial charge in [-0.15, -0.1) is 0 Å². The molecule has 0 bridgehead atoms. The molecule has 0 amide bonds. The summed E-state index contributed by atoms with van der Waals surface area (Å²) in [5, 5.41) is 9.95. The van der Waals surface area contributed by atoms with Crippen molar-refractivity contribution in [2.45, 2.75) is 24.3 Å². The first kappa shape index (κ1) is 15.2. The Hall–Kier alpha value is -0.820. The lowest BCUT2D eigenvalue weighted by Crippen LogP contribution is -2.39. The highest BCUT2D eigenvalue weighted by molar-refractivity contribution is 7.89. The summed E-state index contributed by atoms with van der Waals surface area (Å²) in [7, 11) is -2.38. The molecule has 0 spiro atoms. The molecule has 0 radical (unpaired) electrons. The number of benzene rings is 1. The molecule has 0 unspecified atom stereocenters. The van der Waals surface area contributed by atoms with Crippen LogP contribution in [0.25, 0.3) is 0 Å². The summed E-state index contributed by atoms with van der Waals surface area (Å²) >= 11 is 5.77. The summed E-state index contributed by atoms with van der Waals surface area (Å²) in [4.78, 5) is -0.0539. The second-order valence-electron chi connectivity index (χ2n) is 4.76. The van der Waals surface area contributed by atoms with Crippen molar-refractivity contribution < 1.29 is 13.5 Å². The van der Waals surface area contributed by atoms with E-state index in [4.69, 9.17) is 17.3 Å². The third-order valence-electron chi connectivity index (χ3n) is 2.27. The van der Waals surface area contributed by atoms with E-state index in [1.165, 1.54) is 39.1 Å². The van der Waals surface area contributed by atoms with Crippen molar-refractivity contribution in [3.8, 4) is 0 Å². The number of likely N-dealkylation sites (N-methyl/N-ethyl adjacent to an activating group) is 1. The largest absolute Gasteiger partial charge is 0.398 e. The molecule has 102 valence electrons. The topological polar surface area (TPSA) is 83.6 Å². The van der Waals surface area contributed by atoms with Crippen LogP contribution in [0.1, 0.15) is 13.8 Å². The zero-order chi connectivity index (χ0) is 14.1. The highest BCUT2D eigenvalue weighted by Gasteiger charge is 2.28. The third-order valence-corrected chi connectivity index (χ3v) is 4.37. The normalized spacial score (nSPS) is 13.0. The molecular formula is C11H17ClN2O3S. The molecule has 0 aliphatic heterocycles. The van der Waals surface area contributed by atoms with Crippen molar-refractivity contribution in [2.75, 3.05) is 19.3 Å². The molecular weight excluding hydrogens is 276 g/mol. The van der Waals surface area contributed by atoms with Gasteiger partial charge in [-0.1, -0.05) is 11.6 Å². The predicted molar refractivity (Wildman–Crippen MR) is 72.0 cm³/mol. The number of sulfonamides is 1. The van der Waals surface area contributed by atoms with E-state index in [1.807, 2.05) is 0 Å². The number of nitrogens with two attached hydrogens (primary N) is 1. The monoisotopic (exact) mass is 292 g/mol. The Kier molecular flexibility index (Phi) is 4.27. The first-order valence-electron chi connectivity index (χ1n) is 5.28. The average Bonchev–Trinajstić information content (AvgIpc) is 2.19. The third kappa shape index (κ3) is 3.58. The average molecular weight is 293 g/mol. The quantitative estimate of drug-likeness (QED) is 0.820. The van der Waals surface area contributed by atoms with Crippen LogP contribution in [0, 0.1) is 0 Å². The minimum atomic E-state index is -3.76. The van der Waals surface area contributed by atoms with Crippen molar-refractivity contribution in [2.24, 2.45) is 0 Å². The first-order chi connectivity index (χ1) is 8.04. The van der Waals surface area contributed by atoms with Gasteiger partial charge in [0.25, 0.3) is 0 Å². The van der Waals surface area contributed by atoms with E-state index in [9.17, 15) is 13.5 Å². The smallest absolute Gasteiger partial charge is 0.245 e.